The second-order valence-corrected chi connectivity index (χ2v) is 5.53. The van der Waals surface area contributed by atoms with E-state index in [1.165, 1.54) is 12.5 Å². The number of nitrogens with two attached hydrogens (primary N) is 1. The molecular weight excluding hydrogens is 227 g/mol. The predicted molar refractivity (Wildman–Crippen MR) is 66.2 cm³/mol. The monoisotopic (exact) mass is 242 g/mol. The lowest BCUT2D eigenvalue weighted by molar-refractivity contribution is 0.573. The third kappa shape index (κ3) is 2.24. The summed E-state index contributed by atoms with van der Waals surface area (Å²) in [5, 5.41) is 3.33. The van der Waals surface area contributed by atoms with Gasteiger partial charge in [-0.15, -0.1) is 0 Å². The van der Waals surface area contributed by atoms with Crippen molar-refractivity contribution in [1.29, 1.82) is 0 Å². The van der Waals surface area contributed by atoms with Crippen LogP contribution in [0.15, 0.2) is 12.1 Å². The minimum Gasteiger partial charge on any atom is -0.397 e. The lowest BCUT2D eigenvalue weighted by atomic mass is 10.1. The molecule has 0 aliphatic heterocycles. The molecule has 1 unspecified atom stereocenters. The highest BCUT2D eigenvalue weighted by Gasteiger charge is 2.44. The minimum absolute atomic E-state index is 0.103. The molecular formula is C12H16ClFN2. The molecule has 0 radical (unpaired) electrons. The average Bonchev–Trinajstić information content (AvgIpc) is 2.78. The van der Waals surface area contributed by atoms with E-state index < -0.39 is 5.82 Å². The zero-order valence-corrected chi connectivity index (χ0v) is 10.2. The summed E-state index contributed by atoms with van der Waals surface area (Å²) < 4.78 is 13.1. The second-order valence-electron chi connectivity index (χ2n) is 5.12. The summed E-state index contributed by atoms with van der Waals surface area (Å²) >= 11 is 5.70. The van der Waals surface area contributed by atoms with Crippen LogP contribution in [0, 0.1) is 17.2 Å². The van der Waals surface area contributed by atoms with Crippen molar-refractivity contribution >= 4 is 23.0 Å². The Bertz CT molecular complexity index is 418. The first-order valence-electron chi connectivity index (χ1n) is 5.38. The zero-order chi connectivity index (χ0) is 11.9. The molecule has 0 saturated heterocycles. The number of nitrogen functional groups attached to an aromatic ring is 1. The normalized spacial score (nSPS) is 21.9. The number of halogens is 2. The molecule has 1 saturated carbocycles. The van der Waals surface area contributed by atoms with E-state index in [1.54, 1.807) is 6.07 Å². The largest absolute Gasteiger partial charge is 0.397 e. The molecule has 0 amide bonds. The van der Waals surface area contributed by atoms with E-state index in [0.29, 0.717) is 22.7 Å². The fraction of sp³-hybridized carbons (Fsp3) is 0.500. The van der Waals surface area contributed by atoms with Crippen LogP contribution < -0.4 is 11.1 Å². The van der Waals surface area contributed by atoms with Crippen molar-refractivity contribution in [2.75, 3.05) is 17.6 Å². The van der Waals surface area contributed by atoms with Crippen molar-refractivity contribution in [2.45, 2.75) is 20.3 Å². The first kappa shape index (κ1) is 11.5. The van der Waals surface area contributed by atoms with E-state index in [4.69, 9.17) is 17.3 Å². The van der Waals surface area contributed by atoms with Crippen LogP contribution in [-0.4, -0.2) is 6.54 Å². The molecule has 1 fully saturated rings. The Balaban J connectivity index is 2.02. The Morgan fingerprint density at radius 3 is 2.75 bits per heavy atom. The predicted octanol–water partition coefficient (Wildman–Crippen LogP) is 3.52. The topological polar surface area (TPSA) is 38.0 Å². The van der Waals surface area contributed by atoms with Crippen molar-refractivity contribution in [3.63, 3.8) is 0 Å². The van der Waals surface area contributed by atoms with Gasteiger partial charge >= 0.3 is 0 Å². The number of rotatable bonds is 3. The van der Waals surface area contributed by atoms with Gasteiger partial charge < -0.3 is 11.1 Å². The van der Waals surface area contributed by atoms with Gasteiger partial charge in [-0.05, 0) is 23.8 Å². The Hall–Kier alpha value is -0.960. The first-order chi connectivity index (χ1) is 7.40. The number of hydrogen-bond donors (Lipinski definition) is 2. The van der Waals surface area contributed by atoms with Crippen molar-refractivity contribution in [3.8, 4) is 0 Å². The van der Waals surface area contributed by atoms with Crippen LogP contribution in [0.3, 0.4) is 0 Å². The fourth-order valence-electron chi connectivity index (χ4n) is 1.87. The third-order valence-electron chi connectivity index (χ3n) is 3.35. The van der Waals surface area contributed by atoms with Gasteiger partial charge in [-0.1, -0.05) is 25.4 Å². The molecule has 88 valence electrons. The first-order valence-corrected chi connectivity index (χ1v) is 5.76. The van der Waals surface area contributed by atoms with Crippen LogP contribution in [0.1, 0.15) is 20.3 Å². The van der Waals surface area contributed by atoms with Crippen LogP contribution in [0.2, 0.25) is 5.02 Å². The second kappa shape index (κ2) is 3.81. The van der Waals surface area contributed by atoms with E-state index in [2.05, 4.69) is 19.2 Å². The van der Waals surface area contributed by atoms with Gasteiger partial charge in [-0.3, -0.25) is 0 Å². The molecule has 1 atom stereocenters. The number of benzene rings is 1. The van der Waals surface area contributed by atoms with Gasteiger partial charge in [-0.2, -0.15) is 0 Å². The van der Waals surface area contributed by atoms with Crippen molar-refractivity contribution in [1.82, 2.24) is 0 Å². The summed E-state index contributed by atoms with van der Waals surface area (Å²) in [6.07, 6.45) is 1.22. The average molecular weight is 243 g/mol. The summed E-state index contributed by atoms with van der Waals surface area (Å²) in [6.45, 7) is 5.33. The number of anilines is 2. The summed E-state index contributed by atoms with van der Waals surface area (Å²) in [7, 11) is 0. The van der Waals surface area contributed by atoms with Gasteiger partial charge in [0.2, 0.25) is 0 Å². The maximum Gasteiger partial charge on any atom is 0.143 e. The van der Waals surface area contributed by atoms with Gasteiger partial charge in [0.25, 0.3) is 0 Å². The van der Waals surface area contributed by atoms with Crippen LogP contribution in [-0.2, 0) is 0 Å². The van der Waals surface area contributed by atoms with Crippen LogP contribution >= 0.6 is 11.6 Å². The van der Waals surface area contributed by atoms with Crippen LogP contribution in [0.25, 0.3) is 0 Å². The van der Waals surface area contributed by atoms with E-state index in [0.717, 1.165) is 6.54 Å². The fourth-order valence-corrected chi connectivity index (χ4v) is 2.04. The van der Waals surface area contributed by atoms with Crippen LogP contribution in [0.4, 0.5) is 15.8 Å². The molecule has 1 aliphatic rings. The standard InChI is InChI=1S/C12H16ClFN2/c1-12(2)5-7(12)6-16-11-3-8(13)9(14)4-10(11)15/h3-4,7,16H,5-6,15H2,1-2H3. The lowest BCUT2D eigenvalue weighted by Gasteiger charge is -2.11. The Labute approximate surface area is 100.0 Å². The Kier molecular flexibility index (Phi) is 2.74. The highest BCUT2D eigenvalue weighted by atomic mass is 35.5. The van der Waals surface area contributed by atoms with E-state index >= 15 is 0 Å². The minimum atomic E-state index is -0.475. The summed E-state index contributed by atoms with van der Waals surface area (Å²) in [4.78, 5) is 0. The van der Waals surface area contributed by atoms with Gasteiger partial charge in [0.05, 0.1) is 16.4 Å². The molecule has 0 bridgehead atoms. The third-order valence-corrected chi connectivity index (χ3v) is 3.64. The summed E-state index contributed by atoms with van der Waals surface area (Å²) in [5.41, 5.74) is 7.25. The molecule has 1 aromatic carbocycles. The molecule has 0 heterocycles. The molecule has 1 aromatic rings. The number of hydrogen-bond acceptors (Lipinski definition) is 2. The molecule has 16 heavy (non-hydrogen) atoms. The lowest BCUT2D eigenvalue weighted by Crippen LogP contribution is -2.09. The highest BCUT2D eigenvalue weighted by Crippen LogP contribution is 2.51. The molecule has 0 aromatic heterocycles. The van der Waals surface area contributed by atoms with Gasteiger partial charge in [0.1, 0.15) is 5.82 Å². The molecule has 3 N–H and O–H groups in total. The van der Waals surface area contributed by atoms with Gasteiger partial charge in [0, 0.05) is 12.6 Å². The zero-order valence-electron chi connectivity index (χ0n) is 9.48. The van der Waals surface area contributed by atoms with E-state index in [1.807, 2.05) is 0 Å². The Morgan fingerprint density at radius 1 is 1.56 bits per heavy atom. The molecule has 2 nitrogen and oxygen atoms in total. The molecule has 1 aliphatic carbocycles. The molecule has 2 rings (SSSR count). The van der Waals surface area contributed by atoms with Crippen molar-refractivity contribution in [2.24, 2.45) is 11.3 Å². The van der Waals surface area contributed by atoms with Crippen molar-refractivity contribution < 1.29 is 4.39 Å². The van der Waals surface area contributed by atoms with E-state index in [-0.39, 0.29) is 5.02 Å². The summed E-state index contributed by atoms with van der Waals surface area (Å²) in [6, 6.07) is 2.80. The molecule has 0 spiro atoms. The highest BCUT2D eigenvalue weighted by molar-refractivity contribution is 6.31. The molecule has 4 heteroatoms. The van der Waals surface area contributed by atoms with Crippen molar-refractivity contribution in [3.05, 3.63) is 23.0 Å². The van der Waals surface area contributed by atoms with E-state index in [9.17, 15) is 4.39 Å². The van der Waals surface area contributed by atoms with Gasteiger partial charge in [-0.25, -0.2) is 4.39 Å². The SMILES string of the molecule is CC1(C)CC1CNc1cc(Cl)c(F)cc1N. The Morgan fingerprint density at radius 2 is 2.19 bits per heavy atom. The van der Waals surface area contributed by atoms with Gasteiger partial charge in [0.15, 0.2) is 0 Å². The quantitative estimate of drug-likeness (QED) is 0.796. The maximum absolute atomic E-state index is 13.1. The summed E-state index contributed by atoms with van der Waals surface area (Å²) in [5.74, 6) is 0.187. The van der Waals surface area contributed by atoms with Crippen LogP contribution in [0.5, 0.6) is 0 Å². The smallest absolute Gasteiger partial charge is 0.143 e. The maximum atomic E-state index is 13.1. The number of nitrogens with one attached hydrogen (secondary N) is 1.